The fourth-order valence-electron chi connectivity index (χ4n) is 2.22. The summed E-state index contributed by atoms with van der Waals surface area (Å²) in [6, 6.07) is -0.167. The van der Waals surface area contributed by atoms with Gasteiger partial charge in [-0.2, -0.15) is 18.3 Å². The molecule has 0 spiro atoms. The monoisotopic (exact) mass is 312 g/mol. The van der Waals surface area contributed by atoms with E-state index in [4.69, 9.17) is 5.73 Å². The number of aryl methyl sites for hydroxylation is 1. The van der Waals surface area contributed by atoms with Crippen LogP contribution in [0, 0.1) is 0 Å². The molecule has 2 N–H and O–H groups in total. The van der Waals surface area contributed by atoms with E-state index in [2.05, 4.69) is 5.10 Å². The minimum absolute atomic E-state index is 0. The van der Waals surface area contributed by atoms with E-state index < -0.39 is 23.3 Å². The van der Waals surface area contributed by atoms with E-state index in [0.717, 1.165) is 10.9 Å². The van der Waals surface area contributed by atoms with E-state index in [1.807, 2.05) is 0 Å². The molecule has 0 bridgehead atoms. The Morgan fingerprint density at radius 3 is 2.65 bits per heavy atom. The lowest BCUT2D eigenvalue weighted by Crippen LogP contribution is -2.33. The van der Waals surface area contributed by atoms with E-state index in [1.165, 1.54) is 4.90 Å². The first kappa shape index (κ1) is 16.8. The second kappa shape index (κ2) is 6.01. The number of aromatic nitrogens is 2. The van der Waals surface area contributed by atoms with Crippen LogP contribution in [-0.4, -0.2) is 39.7 Å². The number of hydrogen-bond donors (Lipinski definition) is 1. The van der Waals surface area contributed by atoms with Crippen molar-refractivity contribution in [3.05, 3.63) is 17.5 Å². The number of rotatable bonds is 2. The van der Waals surface area contributed by atoms with Crippen molar-refractivity contribution in [3.63, 3.8) is 0 Å². The molecule has 2 rings (SSSR count). The number of halogens is 4. The maximum absolute atomic E-state index is 13.0. The third kappa shape index (κ3) is 3.06. The summed E-state index contributed by atoms with van der Waals surface area (Å²) >= 11 is 0. The van der Waals surface area contributed by atoms with Gasteiger partial charge in [0.25, 0.3) is 5.91 Å². The van der Waals surface area contributed by atoms with Crippen molar-refractivity contribution in [2.75, 3.05) is 13.1 Å². The van der Waals surface area contributed by atoms with Crippen molar-refractivity contribution < 1.29 is 18.0 Å². The van der Waals surface area contributed by atoms with Gasteiger partial charge in [-0.3, -0.25) is 9.48 Å². The molecule has 0 radical (unpaired) electrons. The highest BCUT2D eigenvalue weighted by Crippen LogP contribution is 2.32. The average molecular weight is 313 g/mol. The number of nitrogens with two attached hydrogens (primary N) is 1. The van der Waals surface area contributed by atoms with Crippen molar-refractivity contribution in [1.82, 2.24) is 14.7 Å². The molecule has 0 saturated carbocycles. The molecule has 5 nitrogen and oxygen atoms in total. The van der Waals surface area contributed by atoms with Gasteiger partial charge in [-0.05, 0) is 13.3 Å². The first-order valence-corrected chi connectivity index (χ1v) is 6.02. The number of likely N-dealkylation sites (tertiary alicyclic amines) is 1. The fraction of sp³-hybridized carbons (Fsp3) is 0.636. The molecule has 0 aromatic carbocycles. The number of nitrogens with zero attached hydrogens (tertiary/aromatic N) is 3. The second-order valence-electron chi connectivity index (χ2n) is 4.52. The molecule has 1 aromatic heterocycles. The molecule has 1 aliphatic rings. The summed E-state index contributed by atoms with van der Waals surface area (Å²) in [4.78, 5) is 13.5. The summed E-state index contributed by atoms with van der Waals surface area (Å²) in [5, 5.41) is 3.63. The van der Waals surface area contributed by atoms with E-state index >= 15 is 0 Å². The first-order valence-electron chi connectivity index (χ1n) is 6.02. The van der Waals surface area contributed by atoms with Crippen molar-refractivity contribution >= 4 is 18.3 Å². The van der Waals surface area contributed by atoms with Crippen LogP contribution in [-0.2, 0) is 12.7 Å². The van der Waals surface area contributed by atoms with Crippen LogP contribution in [0.3, 0.4) is 0 Å². The topological polar surface area (TPSA) is 64.2 Å². The molecule has 9 heteroatoms. The van der Waals surface area contributed by atoms with Gasteiger partial charge in [-0.25, -0.2) is 0 Å². The molecule has 2 heterocycles. The zero-order valence-corrected chi connectivity index (χ0v) is 11.7. The summed E-state index contributed by atoms with van der Waals surface area (Å²) in [5.41, 5.74) is 4.27. The summed E-state index contributed by atoms with van der Waals surface area (Å²) in [6.45, 7) is 2.27. The Bertz CT molecular complexity index is 489. The van der Waals surface area contributed by atoms with E-state index in [1.54, 1.807) is 6.92 Å². The van der Waals surface area contributed by atoms with Gasteiger partial charge in [0.05, 0.1) is 11.8 Å². The largest absolute Gasteiger partial charge is 0.433 e. The molecule has 0 unspecified atom stereocenters. The van der Waals surface area contributed by atoms with Crippen molar-refractivity contribution in [1.29, 1.82) is 0 Å². The van der Waals surface area contributed by atoms with Gasteiger partial charge in [0, 0.05) is 25.7 Å². The highest BCUT2D eigenvalue weighted by Gasteiger charge is 2.41. The highest BCUT2D eigenvalue weighted by atomic mass is 35.5. The molecule has 1 saturated heterocycles. The molecule has 1 fully saturated rings. The van der Waals surface area contributed by atoms with Gasteiger partial charge < -0.3 is 10.6 Å². The summed E-state index contributed by atoms with van der Waals surface area (Å²) < 4.78 is 39.8. The van der Waals surface area contributed by atoms with Gasteiger partial charge in [0.2, 0.25) is 0 Å². The van der Waals surface area contributed by atoms with E-state index in [-0.39, 0.29) is 31.5 Å². The minimum Gasteiger partial charge on any atom is -0.337 e. The quantitative estimate of drug-likeness (QED) is 0.900. The second-order valence-corrected chi connectivity index (χ2v) is 4.52. The van der Waals surface area contributed by atoms with Gasteiger partial charge in [-0.1, -0.05) is 0 Å². The van der Waals surface area contributed by atoms with Gasteiger partial charge in [0.15, 0.2) is 5.69 Å². The zero-order chi connectivity index (χ0) is 14.2. The number of alkyl halides is 3. The SMILES string of the molecule is CCn1ncc(C(=O)N2CC[C@@H](N)C2)c1C(F)(F)F.Cl. The molecular formula is C11H16ClF3N4O. The molecular weight excluding hydrogens is 297 g/mol. The van der Waals surface area contributed by atoms with E-state index in [9.17, 15) is 18.0 Å². The lowest BCUT2D eigenvalue weighted by Gasteiger charge is -2.17. The lowest BCUT2D eigenvalue weighted by atomic mass is 10.2. The Balaban J connectivity index is 0.00000200. The molecule has 1 atom stereocenters. The summed E-state index contributed by atoms with van der Waals surface area (Å²) in [6.07, 6.45) is -3.01. The number of carbonyl (C=O) groups is 1. The average Bonchev–Trinajstić information content (AvgIpc) is 2.92. The zero-order valence-electron chi connectivity index (χ0n) is 10.9. The van der Waals surface area contributed by atoms with Crippen LogP contribution in [0.25, 0.3) is 0 Å². The van der Waals surface area contributed by atoms with Crippen molar-refractivity contribution in [2.24, 2.45) is 5.73 Å². The van der Waals surface area contributed by atoms with Gasteiger partial charge >= 0.3 is 6.18 Å². The van der Waals surface area contributed by atoms with Crippen LogP contribution in [0.1, 0.15) is 29.4 Å². The van der Waals surface area contributed by atoms with Crippen LogP contribution >= 0.6 is 12.4 Å². The smallest absolute Gasteiger partial charge is 0.337 e. The first-order chi connectivity index (χ1) is 8.84. The Hall–Kier alpha value is -1.28. The molecule has 0 aliphatic carbocycles. The summed E-state index contributed by atoms with van der Waals surface area (Å²) in [5.74, 6) is -0.653. The Kier molecular flexibility index (Phi) is 5.04. The molecule has 20 heavy (non-hydrogen) atoms. The molecule has 1 amide bonds. The predicted octanol–water partition coefficient (Wildman–Crippen LogP) is 1.52. The van der Waals surface area contributed by atoms with Crippen molar-refractivity contribution in [3.8, 4) is 0 Å². The van der Waals surface area contributed by atoms with Crippen LogP contribution in [0.15, 0.2) is 6.20 Å². The number of amides is 1. The van der Waals surface area contributed by atoms with Gasteiger partial charge in [0.1, 0.15) is 0 Å². The Morgan fingerprint density at radius 2 is 2.20 bits per heavy atom. The van der Waals surface area contributed by atoms with Crippen LogP contribution < -0.4 is 5.73 Å². The molecule has 114 valence electrons. The third-order valence-electron chi connectivity index (χ3n) is 3.15. The maximum atomic E-state index is 13.0. The molecule has 1 aliphatic heterocycles. The van der Waals surface area contributed by atoms with Gasteiger partial charge in [-0.15, -0.1) is 12.4 Å². The maximum Gasteiger partial charge on any atom is 0.433 e. The van der Waals surface area contributed by atoms with Crippen LogP contribution in [0.4, 0.5) is 13.2 Å². The third-order valence-corrected chi connectivity index (χ3v) is 3.15. The van der Waals surface area contributed by atoms with E-state index in [0.29, 0.717) is 13.0 Å². The standard InChI is InChI=1S/C11H15F3N4O.ClH/c1-2-18-9(11(12,13)14)8(5-16-18)10(19)17-4-3-7(15)6-17;/h5,7H,2-4,6,15H2,1H3;1H/t7-;/m1./s1. The summed E-state index contributed by atoms with van der Waals surface area (Å²) in [7, 11) is 0. The lowest BCUT2D eigenvalue weighted by molar-refractivity contribution is -0.144. The molecule has 1 aromatic rings. The predicted molar refractivity (Wildman–Crippen MR) is 68.6 cm³/mol. The minimum atomic E-state index is -4.60. The van der Waals surface area contributed by atoms with Crippen LogP contribution in [0.5, 0.6) is 0 Å². The van der Waals surface area contributed by atoms with Crippen molar-refractivity contribution in [2.45, 2.75) is 32.1 Å². The number of hydrogen-bond acceptors (Lipinski definition) is 3. The fourth-order valence-corrected chi connectivity index (χ4v) is 2.22. The van der Waals surface area contributed by atoms with Crippen LogP contribution in [0.2, 0.25) is 0 Å². The Labute approximate surface area is 120 Å². The Morgan fingerprint density at radius 1 is 1.55 bits per heavy atom. The highest BCUT2D eigenvalue weighted by molar-refractivity contribution is 5.95. The normalized spacial score (nSPS) is 19.1. The number of carbonyl (C=O) groups excluding carboxylic acids is 1.